The number of nitrogens with one attached hydrogen (secondary N) is 3. The molecule has 0 radical (unpaired) electrons. The average molecular weight is 505 g/mol. The molecule has 27 heavy (non-hydrogen) atoms. The highest BCUT2D eigenvalue weighted by molar-refractivity contribution is 14.0. The molecular formula is C18H28IN5O2S. The lowest BCUT2D eigenvalue weighted by atomic mass is 9.94. The third-order valence-electron chi connectivity index (χ3n) is 3.60. The highest BCUT2D eigenvalue weighted by atomic mass is 127. The molecule has 0 unspecified atom stereocenters. The van der Waals surface area contributed by atoms with Crippen molar-refractivity contribution < 1.29 is 9.21 Å². The third-order valence-corrected chi connectivity index (χ3v) is 4.47. The van der Waals surface area contributed by atoms with Crippen LogP contribution < -0.4 is 16.0 Å². The van der Waals surface area contributed by atoms with Gasteiger partial charge in [0.25, 0.3) is 5.91 Å². The molecule has 3 N–H and O–H groups in total. The summed E-state index contributed by atoms with van der Waals surface area (Å²) in [4.78, 5) is 21.0. The van der Waals surface area contributed by atoms with E-state index in [9.17, 15) is 4.79 Å². The fraction of sp³-hybridized carbons (Fsp3) is 0.500. The normalized spacial score (nSPS) is 11.6. The number of rotatable bonds is 7. The number of hydrogen-bond donors (Lipinski definition) is 3. The molecule has 7 nitrogen and oxygen atoms in total. The van der Waals surface area contributed by atoms with E-state index in [4.69, 9.17) is 4.42 Å². The van der Waals surface area contributed by atoms with Crippen molar-refractivity contribution in [2.75, 3.05) is 20.1 Å². The first-order valence-electron chi connectivity index (χ1n) is 8.61. The van der Waals surface area contributed by atoms with E-state index in [1.54, 1.807) is 13.2 Å². The second-order valence-electron chi connectivity index (χ2n) is 6.81. The van der Waals surface area contributed by atoms with Crippen molar-refractivity contribution in [2.45, 2.75) is 39.2 Å². The summed E-state index contributed by atoms with van der Waals surface area (Å²) in [5, 5.41) is 11.2. The van der Waals surface area contributed by atoms with Gasteiger partial charge in [-0.25, -0.2) is 4.98 Å². The number of nitrogens with zero attached hydrogens (tertiary/aromatic N) is 2. The van der Waals surface area contributed by atoms with Gasteiger partial charge in [-0.15, -0.1) is 35.3 Å². The van der Waals surface area contributed by atoms with Crippen LogP contribution in [0.5, 0.6) is 0 Å². The second-order valence-corrected chi connectivity index (χ2v) is 7.76. The van der Waals surface area contributed by atoms with Gasteiger partial charge in [-0.1, -0.05) is 26.8 Å². The Morgan fingerprint density at radius 2 is 2.00 bits per heavy atom. The number of carbonyl (C=O) groups is 1. The maximum atomic E-state index is 11.8. The lowest BCUT2D eigenvalue weighted by Gasteiger charge is -2.13. The minimum Gasteiger partial charge on any atom is -0.443 e. The Hall–Kier alpha value is -1.62. The van der Waals surface area contributed by atoms with Crippen LogP contribution in [-0.4, -0.2) is 37.0 Å². The number of aromatic nitrogens is 1. The number of oxazole rings is 1. The fourth-order valence-electron chi connectivity index (χ4n) is 2.11. The largest absolute Gasteiger partial charge is 0.443 e. The fourth-order valence-corrected chi connectivity index (χ4v) is 2.75. The van der Waals surface area contributed by atoms with Crippen molar-refractivity contribution in [2.24, 2.45) is 4.99 Å². The molecule has 0 aromatic carbocycles. The average Bonchev–Trinajstić information content (AvgIpc) is 3.28. The van der Waals surface area contributed by atoms with Gasteiger partial charge in [0, 0.05) is 25.6 Å². The first-order valence-corrected chi connectivity index (χ1v) is 9.49. The van der Waals surface area contributed by atoms with Crippen molar-refractivity contribution >= 4 is 47.2 Å². The van der Waals surface area contributed by atoms with E-state index in [1.807, 2.05) is 17.5 Å². The van der Waals surface area contributed by atoms with Crippen molar-refractivity contribution in [1.82, 2.24) is 20.9 Å². The van der Waals surface area contributed by atoms with Gasteiger partial charge in [-0.05, 0) is 17.9 Å². The molecule has 2 heterocycles. The maximum Gasteiger partial charge on any atom is 0.261 e. The first kappa shape index (κ1) is 23.4. The summed E-state index contributed by atoms with van der Waals surface area (Å²) in [7, 11) is 1.71. The predicted molar refractivity (Wildman–Crippen MR) is 120 cm³/mol. The third kappa shape index (κ3) is 7.87. The molecule has 0 atom stereocenters. The molecule has 0 saturated heterocycles. The van der Waals surface area contributed by atoms with Crippen LogP contribution in [0.1, 0.15) is 48.5 Å². The van der Waals surface area contributed by atoms with E-state index in [0.717, 1.165) is 17.1 Å². The van der Waals surface area contributed by atoms with Gasteiger partial charge < -0.3 is 20.4 Å². The van der Waals surface area contributed by atoms with E-state index in [-0.39, 0.29) is 35.3 Å². The lowest BCUT2D eigenvalue weighted by Crippen LogP contribution is -2.38. The molecule has 0 fully saturated rings. The molecule has 0 aliphatic rings. The Labute approximate surface area is 181 Å². The Kier molecular flexibility index (Phi) is 9.78. The van der Waals surface area contributed by atoms with E-state index in [0.29, 0.717) is 31.5 Å². The smallest absolute Gasteiger partial charge is 0.261 e. The summed E-state index contributed by atoms with van der Waals surface area (Å²) in [6, 6.07) is 3.69. The van der Waals surface area contributed by atoms with E-state index >= 15 is 0 Å². The van der Waals surface area contributed by atoms with Crippen LogP contribution in [0.4, 0.5) is 0 Å². The second kappa shape index (κ2) is 11.3. The van der Waals surface area contributed by atoms with Gasteiger partial charge in [-0.2, -0.15) is 0 Å². The topological polar surface area (TPSA) is 91.5 Å². The van der Waals surface area contributed by atoms with Crippen LogP contribution in [0, 0.1) is 0 Å². The molecule has 1 amide bonds. The van der Waals surface area contributed by atoms with Crippen LogP contribution >= 0.6 is 35.3 Å². The molecule has 2 aromatic rings. The molecule has 0 aliphatic heterocycles. The van der Waals surface area contributed by atoms with Crippen LogP contribution in [0.15, 0.2) is 33.1 Å². The molecule has 9 heteroatoms. The van der Waals surface area contributed by atoms with Crippen molar-refractivity contribution in [3.8, 4) is 0 Å². The van der Waals surface area contributed by atoms with Gasteiger partial charge in [-0.3, -0.25) is 9.79 Å². The highest BCUT2D eigenvalue weighted by Gasteiger charge is 2.19. The van der Waals surface area contributed by atoms with Gasteiger partial charge in [0.2, 0.25) is 5.89 Å². The van der Waals surface area contributed by atoms with E-state index < -0.39 is 0 Å². The van der Waals surface area contributed by atoms with Crippen molar-refractivity contribution in [1.29, 1.82) is 0 Å². The zero-order chi connectivity index (χ0) is 19.0. The number of halogens is 1. The Morgan fingerprint density at radius 3 is 2.59 bits per heavy atom. The summed E-state index contributed by atoms with van der Waals surface area (Å²) in [6.45, 7) is 8.02. The van der Waals surface area contributed by atoms with Crippen molar-refractivity contribution in [3.63, 3.8) is 0 Å². The highest BCUT2D eigenvalue weighted by Crippen LogP contribution is 2.22. The quantitative estimate of drug-likeness (QED) is 0.233. The summed E-state index contributed by atoms with van der Waals surface area (Å²) in [5.41, 5.74) is -0.0568. The Balaban J connectivity index is 0.00000364. The van der Waals surface area contributed by atoms with Crippen LogP contribution in [0.25, 0.3) is 0 Å². The monoisotopic (exact) mass is 505 g/mol. The van der Waals surface area contributed by atoms with Crippen molar-refractivity contribution in [3.05, 3.63) is 40.2 Å². The lowest BCUT2D eigenvalue weighted by molar-refractivity contribution is 0.0957. The van der Waals surface area contributed by atoms with Gasteiger partial charge >= 0.3 is 0 Å². The standard InChI is InChI=1S/C18H27N5O2S.HI/c1-18(2,3)14-11-22-15(25-14)12-23-17(19-4)21-9-6-8-20-16(24)13-7-5-10-26-13;/h5,7,10-11H,6,8-9,12H2,1-4H3,(H,20,24)(H2,19,21,23);1H. The van der Waals surface area contributed by atoms with E-state index in [1.165, 1.54) is 11.3 Å². The minimum atomic E-state index is -0.0568. The van der Waals surface area contributed by atoms with Crippen LogP contribution in [-0.2, 0) is 12.0 Å². The zero-order valence-electron chi connectivity index (χ0n) is 16.2. The van der Waals surface area contributed by atoms with Crippen LogP contribution in [0.3, 0.4) is 0 Å². The zero-order valence-corrected chi connectivity index (χ0v) is 19.3. The summed E-state index contributed by atoms with van der Waals surface area (Å²) >= 11 is 1.44. The molecule has 0 spiro atoms. The molecule has 0 bridgehead atoms. The molecule has 150 valence electrons. The first-order chi connectivity index (χ1) is 12.4. The summed E-state index contributed by atoms with van der Waals surface area (Å²) in [5.74, 6) is 2.13. The number of amides is 1. The molecule has 2 rings (SSSR count). The molecule has 0 saturated carbocycles. The van der Waals surface area contributed by atoms with Gasteiger partial charge in [0.05, 0.1) is 17.6 Å². The van der Waals surface area contributed by atoms with Gasteiger partial charge in [0.15, 0.2) is 5.96 Å². The Morgan fingerprint density at radius 1 is 1.26 bits per heavy atom. The predicted octanol–water partition coefficient (Wildman–Crippen LogP) is 3.14. The number of aliphatic imine (C=N–C) groups is 1. The summed E-state index contributed by atoms with van der Waals surface area (Å²) < 4.78 is 5.74. The van der Waals surface area contributed by atoms with E-state index in [2.05, 4.69) is 46.7 Å². The number of thiophene rings is 1. The van der Waals surface area contributed by atoms with Gasteiger partial charge in [0.1, 0.15) is 5.76 Å². The molecule has 2 aromatic heterocycles. The maximum absolute atomic E-state index is 11.8. The summed E-state index contributed by atoms with van der Waals surface area (Å²) in [6.07, 6.45) is 2.56. The number of hydrogen-bond acceptors (Lipinski definition) is 5. The SMILES string of the molecule is CN=C(NCCCNC(=O)c1cccs1)NCc1ncc(C(C)(C)C)o1.I. The molecule has 0 aliphatic carbocycles. The number of guanidine groups is 1. The minimum absolute atomic E-state index is 0. The number of carbonyl (C=O) groups excluding carboxylic acids is 1. The Bertz CT molecular complexity index is 722. The van der Waals surface area contributed by atoms with Crippen LogP contribution in [0.2, 0.25) is 0 Å². The molecular weight excluding hydrogens is 477 g/mol.